The van der Waals surface area contributed by atoms with Gasteiger partial charge >= 0.3 is 11.9 Å². The molecule has 2 heterocycles. The van der Waals surface area contributed by atoms with Gasteiger partial charge in [0.15, 0.2) is 8.32 Å². The van der Waals surface area contributed by atoms with Crippen LogP contribution in [-0.4, -0.2) is 59.8 Å². The zero-order valence-corrected chi connectivity index (χ0v) is 38.0. The van der Waals surface area contributed by atoms with Crippen molar-refractivity contribution < 1.29 is 38.3 Å². The fourth-order valence-corrected chi connectivity index (χ4v) is 12.6. The molecule has 3 aliphatic rings. The average molecular weight is 841 g/mol. The number of benzene rings is 2. The van der Waals surface area contributed by atoms with Crippen molar-refractivity contribution in [2.45, 2.75) is 137 Å². The monoisotopic (exact) mass is 840 g/mol. The van der Waals surface area contributed by atoms with Gasteiger partial charge in [-0.2, -0.15) is 0 Å². The number of allylic oxidation sites excluding steroid dienone is 4. The van der Waals surface area contributed by atoms with Crippen LogP contribution in [0.4, 0.5) is 5.69 Å². The summed E-state index contributed by atoms with van der Waals surface area (Å²) < 4.78 is 18.8. The van der Waals surface area contributed by atoms with E-state index in [1.165, 1.54) is 22.6 Å². The third kappa shape index (κ3) is 9.10. The van der Waals surface area contributed by atoms with Gasteiger partial charge in [-0.15, -0.1) is 0 Å². The summed E-state index contributed by atoms with van der Waals surface area (Å²) in [7, 11) is -2.12. The van der Waals surface area contributed by atoms with Gasteiger partial charge < -0.3 is 23.9 Å². The molecular weight excluding hydrogens is 777 g/mol. The zero-order valence-electron chi connectivity index (χ0n) is 37.0. The lowest BCUT2D eigenvalue weighted by atomic mass is 9.65. The minimum Gasteiger partial charge on any atom is -0.507 e. The molecule has 324 valence electrons. The van der Waals surface area contributed by atoms with E-state index < -0.39 is 42.7 Å². The largest absolute Gasteiger partial charge is 0.507 e. The number of phenolic OH excluding ortho intramolecular Hbond substituents is 1. The topological polar surface area (TPSA) is 146 Å². The first-order valence-electron chi connectivity index (χ1n) is 21.7. The minimum absolute atomic E-state index is 0.0259. The van der Waals surface area contributed by atoms with Crippen LogP contribution in [-0.2, 0) is 25.2 Å². The number of nitro benzene ring substituents is 1. The number of carbonyl (C=O) groups excluding carboxylic acids is 3. The van der Waals surface area contributed by atoms with Crippen molar-refractivity contribution >= 4 is 31.9 Å². The summed E-state index contributed by atoms with van der Waals surface area (Å²) in [5.41, 5.74) is 3.30. The molecular formula is C48H64N2O9Si. The molecule has 0 aromatic heterocycles. The predicted molar refractivity (Wildman–Crippen MR) is 236 cm³/mol. The van der Waals surface area contributed by atoms with Gasteiger partial charge in [0.05, 0.1) is 28.0 Å². The van der Waals surface area contributed by atoms with Crippen LogP contribution < -0.4 is 4.74 Å². The number of ether oxygens (including phenoxy) is 2. The highest BCUT2D eigenvalue weighted by Gasteiger charge is 2.68. The molecule has 11 nitrogen and oxygen atoms in total. The van der Waals surface area contributed by atoms with Crippen LogP contribution in [0.15, 0.2) is 83.6 Å². The van der Waals surface area contributed by atoms with Gasteiger partial charge in [-0.3, -0.25) is 14.9 Å². The number of unbranched alkanes of at least 4 members (excludes halogenated alkanes) is 2. The molecule has 1 N–H and O–H groups in total. The summed E-state index contributed by atoms with van der Waals surface area (Å²) in [5, 5.41) is 22.8. The van der Waals surface area contributed by atoms with E-state index in [1.807, 2.05) is 39.8 Å². The number of amides is 1. The minimum atomic E-state index is -2.12. The Bertz CT molecular complexity index is 2060. The number of β-lactam (4-membered cyclic amide) rings is 1. The normalized spacial score (nSPS) is 23.2. The molecule has 2 aliphatic heterocycles. The first-order chi connectivity index (χ1) is 28.5. The highest BCUT2D eigenvalue weighted by Crippen LogP contribution is 2.56. The van der Waals surface area contributed by atoms with E-state index in [4.69, 9.17) is 13.9 Å². The van der Waals surface area contributed by atoms with Crippen LogP contribution >= 0.6 is 0 Å². The molecule has 12 heteroatoms. The molecule has 2 aromatic rings. The second-order valence-corrected chi connectivity index (χ2v) is 21.9. The van der Waals surface area contributed by atoms with Gasteiger partial charge in [0.1, 0.15) is 23.8 Å². The Balaban J connectivity index is 1.50. The second kappa shape index (κ2) is 19.3. The van der Waals surface area contributed by atoms with Crippen molar-refractivity contribution in [2.75, 3.05) is 6.61 Å². The number of aryl methyl sites for hydroxylation is 1. The average Bonchev–Trinajstić information content (AvgIpc) is 3.50. The maximum atomic E-state index is 14.4. The number of nitro groups is 1. The summed E-state index contributed by atoms with van der Waals surface area (Å²) in [6.07, 6.45) is 11.2. The van der Waals surface area contributed by atoms with Gasteiger partial charge in [0.2, 0.25) is 5.91 Å². The van der Waals surface area contributed by atoms with Crippen LogP contribution in [0, 0.1) is 27.4 Å². The second-order valence-electron chi connectivity index (χ2n) is 17.2. The molecule has 6 atom stereocenters. The maximum absolute atomic E-state index is 14.4. The molecule has 0 bridgehead atoms. The smallest absolute Gasteiger partial charge is 0.363 e. The Hall–Kier alpha value is -4.81. The summed E-state index contributed by atoms with van der Waals surface area (Å²) in [6, 6.07) is 11.0. The van der Waals surface area contributed by atoms with Gasteiger partial charge in [0, 0.05) is 29.5 Å². The number of fused-ring (bicyclic) bond motifs is 1. The molecule has 1 unspecified atom stereocenters. The van der Waals surface area contributed by atoms with Crippen molar-refractivity contribution in [1.82, 2.24) is 4.90 Å². The van der Waals surface area contributed by atoms with Crippen molar-refractivity contribution in [3.63, 3.8) is 0 Å². The number of carbonyl (C=O) groups is 3. The molecule has 1 aliphatic carbocycles. The molecule has 0 spiro atoms. The number of non-ortho nitro benzene ring substituents is 1. The fourth-order valence-electron chi connectivity index (χ4n) is 9.56. The van der Waals surface area contributed by atoms with Crippen molar-refractivity contribution in [1.29, 1.82) is 0 Å². The molecule has 2 aromatic carbocycles. The van der Waals surface area contributed by atoms with Crippen LogP contribution in [0.5, 0.6) is 11.5 Å². The SMILES string of the molecule is C=C(C)[C@@H]1CCC(C)=C[C@H]1c1c(O)cc(CCCCC)cc1OC/C=C/C1=C(C(=O)OC(=O)c2ccc([N+](=O)[O-])cc2)N2C(=O)[C@](C)(C(C)O[Si](CC)(CC)CC)[C@H]2[C@H]1C. The third-order valence-electron chi connectivity index (χ3n) is 13.5. The Morgan fingerprint density at radius 2 is 1.77 bits per heavy atom. The van der Waals surface area contributed by atoms with E-state index in [9.17, 15) is 29.6 Å². The lowest BCUT2D eigenvalue weighted by molar-refractivity contribution is -0.384. The van der Waals surface area contributed by atoms with Crippen molar-refractivity contribution in [2.24, 2.45) is 17.3 Å². The number of phenols is 1. The molecule has 1 amide bonds. The molecule has 5 rings (SSSR count). The first-order valence-corrected chi connectivity index (χ1v) is 24.3. The van der Waals surface area contributed by atoms with Gasteiger partial charge in [-0.1, -0.05) is 77.3 Å². The van der Waals surface area contributed by atoms with Gasteiger partial charge in [0.25, 0.3) is 5.69 Å². The lowest BCUT2D eigenvalue weighted by Gasteiger charge is -2.56. The number of hydrogen-bond acceptors (Lipinski definition) is 9. The molecule has 1 saturated heterocycles. The Morgan fingerprint density at radius 3 is 2.37 bits per heavy atom. The first kappa shape index (κ1) is 46.3. The van der Waals surface area contributed by atoms with Crippen LogP contribution in [0.2, 0.25) is 18.1 Å². The zero-order chi connectivity index (χ0) is 44.1. The van der Waals surface area contributed by atoms with E-state index in [2.05, 4.69) is 47.3 Å². The quantitative estimate of drug-likeness (QED) is 0.0213. The van der Waals surface area contributed by atoms with Crippen LogP contribution in [0.25, 0.3) is 0 Å². The Kier molecular flexibility index (Phi) is 14.9. The number of aromatic hydroxyl groups is 1. The van der Waals surface area contributed by atoms with Crippen molar-refractivity contribution in [3.8, 4) is 11.5 Å². The summed E-state index contributed by atoms with van der Waals surface area (Å²) >= 11 is 0. The van der Waals surface area contributed by atoms with E-state index >= 15 is 0 Å². The molecule has 0 radical (unpaired) electrons. The predicted octanol–water partition coefficient (Wildman–Crippen LogP) is 10.9. The van der Waals surface area contributed by atoms with E-state index in [-0.39, 0.29) is 53.0 Å². The highest BCUT2D eigenvalue weighted by molar-refractivity contribution is 6.73. The van der Waals surface area contributed by atoms with Gasteiger partial charge in [-0.05, 0) is 119 Å². The summed E-state index contributed by atoms with van der Waals surface area (Å²) in [5.74, 6) is -1.81. The molecule has 1 fully saturated rings. The van der Waals surface area contributed by atoms with Crippen LogP contribution in [0.3, 0.4) is 0 Å². The van der Waals surface area contributed by atoms with E-state index in [0.717, 1.165) is 85.5 Å². The molecule has 60 heavy (non-hydrogen) atoms. The van der Waals surface area contributed by atoms with Crippen LogP contribution in [0.1, 0.15) is 122 Å². The summed E-state index contributed by atoms with van der Waals surface area (Å²) in [4.78, 5) is 53.7. The van der Waals surface area contributed by atoms with Gasteiger partial charge in [-0.25, -0.2) is 9.59 Å². The number of rotatable bonds is 19. The standard InChI is InChI=1S/C48H64N2O9Si/c1-11-15-16-18-34-28-40(51)42(39-27-31(7)20-25-37(39)30(5)6)41(29-34)57-26-17-19-38-32(8)44-48(10,33(9)59-60(12-2,13-3)14-4)47(54)49(44)43(38)46(53)58-45(52)35-21-23-36(24-22-35)50(55)56/h17,19,21-24,27-29,32-33,37,39,44,51H,5,11-16,18,20,25-26H2,1-4,6-10H3/b19-17+/t32-,33?,37-,39+,44+,48+/m0/s1. The van der Waals surface area contributed by atoms with E-state index in [1.54, 1.807) is 12.2 Å². The van der Waals surface area contributed by atoms with Crippen molar-refractivity contribution in [3.05, 3.63) is 110 Å². The number of nitrogens with zero attached hydrogens (tertiary/aromatic N) is 2. The Labute approximate surface area is 356 Å². The molecule has 0 saturated carbocycles. The van der Waals surface area contributed by atoms with E-state index in [0.29, 0.717) is 11.3 Å². The number of esters is 2. The maximum Gasteiger partial charge on any atom is 0.363 e. The lowest BCUT2D eigenvalue weighted by Crippen LogP contribution is -2.72. The third-order valence-corrected chi connectivity index (χ3v) is 18.3. The summed E-state index contributed by atoms with van der Waals surface area (Å²) in [6.45, 7) is 22.9. The number of hydrogen-bond donors (Lipinski definition) is 1. The highest BCUT2D eigenvalue weighted by atomic mass is 28.4. The Morgan fingerprint density at radius 1 is 1.10 bits per heavy atom. The fraction of sp³-hybridized carbons (Fsp3) is 0.521.